The van der Waals surface area contributed by atoms with Gasteiger partial charge in [0.05, 0.1) is 22.4 Å². The van der Waals surface area contributed by atoms with Crippen molar-refractivity contribution >= 4 is 29.2 Å². The molecule has 10 nitrogen and oxygen atoms in total. The molecular formula is C29H24N2O8. The predicted octanol–water partition coefficient (Wildman–Crippen LogP) is 5.29. The van der Waals surface area contributed by atoms with Crippen molar-refractivity contribution < 1.29 is 38.9 Å². The summed E-state index contributed by atoms with van der Waals surface area (Å²) in [5.41, 5.74) is 4.62. The Labute approximate surface area is 223 Å². The van der Waals surface area contributed by atoms with Gasteiger partial charge in [0.1, 0.15) is 18.1 Å². The quantitative estimate of drug-likeness (QED) is 0.142. The third kappa shape index (κ3) is 7.34. The lowest BCUT2D eigenvalue weighted by atomic mass is 10.1. The summed E-state index contributed by atoms with van der Waals surface area (Å²) < 4.78 is 11.2. The van der Waals surface area contributed by atoms with Crippen molar-refractivity contribution in [1.29, 1.82) is 0 Å². The lowest BCUT2D eigenvalue weighted by Gasteiger charge is -2.11. The summed E-state index contributed by atoms with van der Waals surface area (Å²) in [5, 5.41) is 21.2. The van der Waals surface area contributed by atoms with E-state index in [1.165, 1.54) is 18.2 Å². The first-order valence-corrected chi connectivity index (χ1v) is 11.7. The standard InChI is InChI=1S/C29H24N2O8/c32-27(25-7-3-4-8-26(25)29(35)36)30-20-9-13-22(14-10-20)37-18-38-23-15-11-21(12-16-23)31-39-17-19-5-1-2-6-24(19)28(33)34/h1-16,31H,17-18H2,(H,30,32)(H,33,34)(H,35,36). The second kappa shape index (κ2) is 12.7. The lowest BCUT2D eigenvalue weighted by Crippen LogP contribution is -2.16. The predicted molar refractivity (Wildman–Crippen MR) is 142 cm³/mol. The zero-order valence-corrected chi connectivity index (χ0v) is 20.5. The van der Waals surface area contributed by atoms with E-state index in [-0.39, 0.29) is 30.1 Å². The molecule has 4 aromatic rings. The molecule has 4 aromatic carbocycles. The van der Waals surface area contributed by atoms with Gasteiger partial charge in [0, 0.05) is 5.69 Å². The summed E-state index contributed by atoms with van der Waals surface area (Å²) in [4.78, 5) is 40.5. The maximum Gasteiger partial charge on any atom is 0.336 e. The molecule has 0 aliphatic heterocycles. The molecule has 0 bridgehead atoms. The summed E-state index contributed by atoms with van der Waals surface area (Å²) >= 11 is 0. The Hall–Kier alpha value is -5.35. The minimum atomic E-state index is -1.18. The fourth-order valence-electron chi connectivity index (χ4n) is 3.54. The van der Waals surface area contributed by atoms with Crippen molar-refractivity contribution in [2.24, 2.45) is 0 Å². The van der Waals surface area contributed by atoms with Gasteiger partial charge in [-0.05, 0) is 72.3 Å². The maximum absolute atomic E-state index is 12.5. The minimum Gasteiger partial charge on any atom is -0.478 e. The first kappa shape index (κ1) is 26.7. The Morgan fingerprint density at radius 2 is 1.13 bits per heavy atom. The summed E-state index contributed by atoms with van der Waals surface area (Å²) in [7, 11) is 0. The van der Waals surface area contributed by atoms with Crippen LogP contribution in [0.4, 0.5) is 11.4 Å². The van der Waals surface area contributed by atoms with Gasteiger partial charge in [-0.25, -0.2) is 9.59 Å². The van der Waals surface area contributed by atoms with E-state index < -0.39 is 17.8 Å². The molecule has 0 fully saturated rings. The summed E-state index contributed by atoms with van der Waals surface area (Å²) in [6, 6.07) is 26.0. The molecule has 0 aromatic heterocycles. The average molecular weight is 529 g/mol. The number of ether oxygens (including phenoxy) is 2. The van der Waals surface area contributed by atoms with Gasteiger partial charge >= 0.3 is 11.9 Å². The Kier molecular flexibility index (Phi) is 8.73. The van der Waals surface area contributed by atoms with Gasteiger partial charge in [0.25, 0.3) is 5.91 Å². The zero-order valence-electron chi connectivity index (χ0n) is 20.5. The van der Waals surface area contributed by atoms with E-state index in [4.69, 9.17) is 14.3 Å². The number of carboxylic acid groups (broad SMARTS) is 2. The van der Waals surface area contributed by atoms with Crippen LogP contribution in [0.15, 0.2) is 97.1 Å². The molecule has 0 atom stereocenters. The molecular weight excluding hydrogens is 504 g/mol. The molecule has 0 radical (unpaired) electrons. The molecule has 0 saturated heterocycles. The number of carbonyl (C=O) groups is 3. The Bertz CT molecular complexity index is 1450. The highest BCUT2D eigenvalue weighted by molar-refractivity contribution is 6.10. The summed E-state index contributed by atoms with van der Waals surface area (Å²) in [6.07, 6.45) is 0. The molecule has 0 heterocycles. The van der Waals surface area contributed by atoms with E-state index in [2.05, 4.69) is 10.8 Å². The molecule has 0 spiro atoms. The van der Waals surface area contributed by atoms with Crippen LogP contribution in [0.1, 0.15) is 36.6 Å². The van der Waals surface area contributed by atoms with Crippen molar-refractivity contribution in [2.75, 3.05) is 17.6 Å². The number of nitrogens with one attached hydrogen (secondary N) is 2. The van der Waals surface area contributed by atoms with Gasteiger partial charge in [-0.1, -0.05) is 30.3 Å². The molecule has 198 valence electrons. The Balaban J connectivity index is 1.21. The molecule has 1 amide bonds. The van der Waals surface area contributed by atoms with E-state index in [0.717, 1.165) is 0 Å². The van der Waals surface area contributed by atoms with Gasteiger partial charge in [-0.2, -0.15) is 0 Å². The van der Waals surface area contributed by atoms with E-state index in [9.17, 15) is 24.6 Å². The molecule has 4 N–H and O–H groups in total. The van der Waals surface area contributed by atoms with Gasteiger partial charge in [0.2, 0.25) is 6.79 Å². The van der Waals surface area contributed by atoms with Crippen LogP contribution in [-0.4, -0.2) is 34.9 Å². The normalized spacial score (nSPS) is 10.4. The van der Waals surface area contributed by atoms with Crippen LogP contribution in [0.2, 0.25) is 0 Å². The van der Waals surface area contributed by atoms with Gasteiger partial charge in [-0.15, -0.1) is 0 Å². The number of hydrogen-bond donors (Lipinski definition) is 4. The number of carbonyl (C=O) groups excluding carboxylic acids is 1. The number of hydrogen-bond acceptors (Lipinski definition) is 7. The number of benzene rings is 4. The number of carboxylic acids is 2. The topological polar surface area (TPSA) is 143 Å². The monoisotopic (exact) mass is 528 g/mol. The highest BCUT2D eigenvalue weighted by Gasteiger charge is 2.16. The molecule has 10 heteroatoms. The summed E-state index contributed by atoms with van der Waals surface area (Å²) in [6.45, 7) is 0.0135. The second-order valence-corrected chi connectivity index (χ2v) is 8.11. The van der Waals surface area contributed by atoms with Gasteiger partial charge in [-0.3, -0.25) is 15.1 Å². The largest absolute Gasteiger partial charge is 0.478 e. The molecule has 0 aliphatic rings. The molecule has 0 aliphatic carbocycles. The lowest BCUT2D eigenvalue weighted by molar-refractivity contribution is 0.0682. The third-order valence-corrected chi connectivity index (χ3v) is 5.49. The van der Waals surface area contributed by atoms with E-state index in [1.807, 2.05) is 0 Å². The highest BCUT2D eigenvalue weighted by atomic mass is 16.7. The number of amides is 1. The van der Waals surface area contributed by atoms with Gasteiger partial charge in [0.15, 0.2) is 0 Å². The van der Waals surface area contributed by atoms with Crippen LogP contribution in [0.5, 0.6) is 11.5 Å². The zero-order chi connectivity index (χ0) is 27.6. The van der Waals surface area contributed by atoms with Crippen molar-refractivity contribution in [1.82, 2.24) is 0 Å². The number of rotatable bonds is 12. The van der Waals surface area contributed by atoms with Crippen molar-refractivity contribution in [3.63, 3.8) is 0 Å². The fraction of sp³-hybridized carbons (Fsp3) is 0.0690. The van der Waals surface area contributed by atoms with Crippen molar-refractivity contribution in [2.45, 2.75) is 6.61 Å². The third-order valence-electron chi connectivity index (χ3n) is 5.49. The Morgan fingerprint density at radius 1 is 0.615 bits per heavy atom. The molecule has 0 unspecified atom stereocenters. The van der Waals surface area contributed by atoms with Crippen LogP contribution in [-0.2, 0) is 11.4 Å². The van der Waals surface area contributed by atoms with Crippen molar-refractivity contribution in [3.8, 4) is 11.5 Å². The fourth-order valence-corrected chi connectivity index (χ4v) is 3.54. The first-order valence-electron chi connectivity index (χ1n) is 11.7. The molecule has 4 rings (SSSR count). The van der Waals surface area contributed by atoms with Crippen LogP contribution in [0.25, 0.3) is 0 Å². The second-order valence-electron chi connectivity index (χ2n) is 8.11. The van der Waals surface area contributed by atoms with Crippen LogP contribution in [0.3, 0.4) is 0 Å². The molecule has 0 saturated carbocycles. The average Bonchev–Trinajstić information content (AvgIpc) is 2.95. The number of anilines is 2. The van der Waals surface area contributed by atoms with Crippen LogP contribution < -0.4 is 20.3 Å². The Morgan fingerprint density at radius 3 is 1.72 bits per heavy atom. The number of aromatic carboxylic acids is 2. The van der Waals surface area contributed by atoms with Crippen LogP contribution >= 0.6 is 0 Å². The van der Waals surface area contributed by atoms with E-state index in [0.29, 0.717) is 28.4 Å². The first-order chi connectivity index (χ1) is 18.9. The summed E-state index contributed by atoms with van der Waals surface area (Å²) in [5.74, 6) is -1.66. The van der Waals surface area contributed by atoms with Crippen LogP contribution in [0, 0.1) is 0 Å². The SMILES string of the molecule is O=C(O)c1ccccc1CONc1ccc(OCOc2ccc(NC(=O)c3ccccc3C(=O)O)cc2)cc1. The van der Waals surface area contributed by atoms with Gasteiger partial charge < -0.3 is 25.0 Å². The smallest absolute Gasteiger partial charge is 0.336 e. The highest BCUT2D eigenvalue weighted by Crippen LogP contribution is 2.20. The van der Waals surface area contributed by atoms with E-state index in [1.54, 1.807) is 78.9 Å². The maximum atomic E-state index is 12.5. The van der Waals surface area contributed by atoms with E-state index >= 15 is 0 Å². The minimum absolute atomic E-state index is 0.0626. The molecule has 39 heavy (non-hydrogen) atoms. The van der Waals surface area contributed by atoms with Crippen molar-refractivity contribution in [3.05, 3.63) is 119 Å².